The minimum atomic E-state index is 0.740. The maximum absolute atomic E-state index is 2.40. The zero-order valence-electron chi connectivity index (χ0n) is 10.2. The minimum absolute atomic E-state index is 0.740. The Balaban J connectivity index is 0.000000322. The highest BCUT2D eigenvalue weighted by Gasteiger charge is 2.48. The van der Waals surface area contributed by atoms with Crippen molar-refractivity contribution < 1.29 is 0 Å². The fraction of sp³-hybridized carbons (Fsp3) is 1.00. The normalized spacial score (nSPS) is 24.5. The quantitative estimate of drug-likeness (QED) is 0.570. The number of likely N-dealkylation sites (tertiary alicyclic amines) is 2. The topological polar surface area (TPSA) is 6.48 Å². The Morgan fingerprint density at radius 3 is 1.08 bits per heavy atom. The highest BCUT2D eigenvalue weighted by Crippen LogP contribution is 2.37. The van der Waals surface area contributed by atoms with Gasteiger partial charge in [-0.15, -0.1) is 0 Å². The fourth-order valence-electron chi connectivity index (χ4n) is 2.40. The van der Waals surface area contributed by atoms with Crippen LogP contribution in [0.25, 0.3) is 0 Å². The summed E-state index contributed by atoms with van der Waals surface area (Å²) in [4.78, 5) is 4.79. The highest BCUT2D eigenvalue weighted by molar-refractivity contribution is 5.03. The molecule has 2 aliphatic rings. The van der Waals surface area contributed by atoms with E-state index in [0.717, 1.165) is 5.41 Å². The number of nitrogens with zero attached hydrogens (tertiary/aromatic N) is 2. The molecule has 0 aromatic rings. The molecule has 2 nitrogen and oxygen atoms in total. The van der Waals surface area contributed by atoms with E-state index in [0.29, 0.717) is 0 Å². The summed E-state index contributed by atoms with van der Waals surface area (Å²) in [6, 6.07) is 0. The van der Waals surface area contributed by atoms with Crippen LogP contribution in [0.4, 0.5) is 0 Å². The molecular formula is C11H26N2. The highest BCUT2D eigenvalue weighted by atomic mass is 15.3. The van der Waals surface area contributed by atoms with Gasteiger partial charge >= 0.3 is 0 Å². The van der Waals surface area contributed by atoms with E-state index in [1.807, 2.05) is 27.7 Å². The van der Waals surface area contributed by atoms with Gasteiger partial charge in [0.15, 0.2) is 0 Å². The fourth-order valence-corrected chi connectivity index (χ4v) is 2.40. The van der Waals surface area contributed by atoms with Crippen molar-refractivity contribution >= 4 is 0 Å². The first-order chi connectivity index (χ1) is 6.20. The van der Waals surface area contributed by atoms with Crippen molar-refractivity contribution in [2.75, 3.05) is 40.3 Å². The molecule has 0 radical (unpaired) electrons. The molecule has 0 aromatic carbocycles. The maximum atomic E-state index is 2.40. The molecule has 80 valence electrons. The summed E-state index contributed by atoms with van der Waals surface area (Å²) in [6.45, 7) is 13.3. The molecular weight excluding hydrogens is 160 g/mol. The van der Waals surface area contributed by atoms with Crippen molar-refractivity contribution in [3.8, 4) is 0 Å². The molecule has 2 rings (SSSR count). The van der Waals surface area contributed by atoms with Crippen LogP contribution in [-0.2, 0) is 0 Å². The Bertz CT molecular complexity index is 103. The molecule has 0 unspecified atom stereocenters. The predicted octanol–water partition coefficient (Wildman–Crippen LogP) is 1.92. The third-order valence-corrected chi connectivity index (χ3v) is 2.42. The van der Waals surface area contributed by atoms with Crippen LogP contribution >= 0.6 is 0 Å². The molecule has 1 spiro atoms. The van der Waals surface area contributed by atoms with Gasteiger partial charge in [-0.3, -0.25) is 0 Å². The summed E-state index contributed by atoms with van der Waals surface area (Å²) in [5.41, 5.74) is 0.740. The zero-order valence-corrected chi connectivity index (χ0v) is 10.2. The molecule has 13 heavy (non-hydrogen) atoms. The Morgan fingerprint density at radius 2 is 0.923 bits per heavy atom. The zero-order chi connectivity index (χ0) is 10.5. The van der Waals surface area contributed by atoms with E-state index in [1.165, 1.54) is 26.2 Å². The molecule has 2 heterocycles. The second-order valence-corrected chi connectivity index (χ2v) is 3.84. The number of rotatable bonds is 0. The van der Waals surface area contributed by atoms with Crippen molar-refractivity contribution in [3.05, 3.63) is 0 Å². The molecule has 0 saturated carbocycles. The molecule has 0 aliphatic carbocycles. The third-order valence-electron chi connectivity index (χ3n) is 2.42. The van der Waals surface area contributed by atoms with Crippen LogP contribution in [0.2, 0.25) is 0 Å². The second-order valence-electron chi connectivity index (χ2n) is 3.84. The average molecular weight is 186 g/mol. The largest absolute Gasteiger partial charge is 0.305 e. The third kappa shape index (κ3) is 2.96. The van der Waals surface area contributed by atoms with E-state index in [-0.39, 0.29) is 0 Å². The van der Waals surface area contributed by atoms with E-state index >= 15 is 0 Å². The summed E-state index contributed by atoms with van der Waals surface area (Å²) in [5, 5.41) is 0. The van der Waals surface area contributed by atoms with Crippen LogP contribution in [0.1, 0.15) is 27.7 Å². The van der Waals surface area contributed by atoms with Gasteiger partial charge in [-0.25, -0.2) is 0 Å². The van der Waals surface area contributed by atoms with Crippen molar-refractivity contribution in [1.82, 2.24) is 9.80 Å². The van der Waals surface area contributed by atoms with Gasteiger partial charge in [-0.2, -0.15) is 0 Å². The molecule has 0 atom stereocenters. The van der Waals surface area contributed by atoms with Gasteiger partial charge < -0.3 is 9.80 Å². The maximum Gasteiger partial charge on any atom is 0.0211 e. The number of hydrogen-bond donors (Lipinski definition) is 0. The summed E-state index contributed by atoms with van der Waals surface area (Å²) in [5.74, 6) is 0. The summed E-state index contributed by atoms with van der Waals surface area (Å²) in [6.07, 6.45) is 0. The van der Waals surface area contributed by atoms with Gasteiger partial charge in [0.25, 0.3) is 0 Å². The standard InChI is InChI=1S/C7H14N2.2C2H6/c1-8-3-7(4-8)5-9(2)6-7;2*1-2/h3-6H2,1-2H3;2*1-2H3. The second kappa shape index (κ2) is 5.61. The molecule has 0 aromatic heterocycles. The van der Waals surface area contributed by atoms with Crippen LogP contribution < -0.4 is 0 Å². The predicted molar refractivity (Wildman–Crippen MR) is 60.1 cm³/mol. The Morgan fingerprint density at radius 1 is 0.692 bits per heavy atom. The van der Waals surface area contributed by atoms with Crippen molar-refractivity contribution in [3.63, 3.8) is 0 Å². The van der Waals surface area contributed by atoms with Crippen LogP contribution in [0.3, 0.4) is 0 Å². The SMILES string of the molecule is CC.CC.CN1CC2(C1)CN(C)C2. The van der Waals surface area contributed by atoms with Gasteiger partial charge in [-0.05, 0) is 14.1 Å². The summed E-state index contributed by atoms with van der Waals surface area (Å²) >= 11 is 0. The average Bonchev–Trinajstić information content (AvgIpc) is 2.07. The van der Waals surface area contributed by atoms with Gasteiger partial charge in [0, 0.05) is 31.6 Å². The van der Waals surface area contributed by atoms with Crippen LogP contribution in [0.15, 0.2) is 0 Å². The monoisotopic (exact) mass is 186 g/mol. The lowest BCUT2D eigenvalue weighted by molar-refractivity contribution is -0.0926. The molecule has 2 heteroatoms. The first kappa shape index (κ1) is 12.9. The van der Waals surface area contributed by atoms with E-state index in [1.54, 1.807) is 0 Å². The molecule has 0 amide bonds. The molecule has 2 saturated heterocycles. The molecule has 0 N–H and O–H groups in total. The van der Waals surface area contributed by atoms with Crippen LogP contribution in [-0.4, -0.2) is 50.1 Å². The van der Waals surface area contributed by atoms with E-state index < -0.39 is 0 Å². The van der Waals surface area contributed by atoms with Crippen molar-refractivity contribution in [2.24, 2.45) is 5.41 Å². The van der Waals surface area contributed by atoms with Crippen LogP contribution in [0, 0.1) is 5.41 Å². The van der Waals surface area contributed by atoms with Gasteiger partial charge in [0.05, 0.1) is 0 Å². The lowest BCUT2D eigenvalue weighted by Gasteiger charge is -2.58. The van der Waals surface area contributed by atoms with Crippen molar-refractivity contribution in [1.29, 1.82) is 0 Å². The van der Waals surface area contributed by atoms with E-state index in [2.05, 4.69) is 23.9 Å². The smallest absolute Gasteiger partial charge is 0.0211 e. The van der Waals surface area contributed by atoms with Crippen molar-refractivity contribution in [2.45, 2.75) is 27.7 Å². The summed E-state index contributed by atoms with van der Waals surface area (Å²) < 4.78 is 0. The summed E-state index contributed by atoms with van der Waals surface area (Å²) in [7, 11) is 4.40. The van der Waals surface area contributed by atoms with E-state index in [9.17, 15) is 0 Å². The number of hydrogen-bond acceptors (Lipinski definition) is 2. The van der Waals surface area contributed by atoms with Gasteiger partial charge in [0.1, 0.15) is 0 Å². The van der Waals surface area contributed by atoms with Crippen LogP contribution in [0.5, 0.6) is 0 Å². The van der Waals surface area contributed by atoms with E-state index in [4.69, 9.17) is 0 Å². The minimum Gasteiger partial charge on any atom is -0.305 e. The first-order valence-corrected chi connectivity index (χ1v) is 5.57. The molecule has 2 aliphatic heterocycles. The van der Waals surface area contributed by atoms with Gasteiger partial charge in [0.2, 0.25) is 0 Å². The Kier molecular flexibility index (Phi) is 5.57. The van der Waals surface area contributed by atoms with Gasteiger partial charge in [-0.1, -0.05) is 27.7 Å². The lowest BCUT2D eigenvalue weighted by Crippen LogP contribution is -2.70. The first-order valence-electron chi connectivity index (χ1n) is 5.57. The molecule has 2 fully saturated rings. The Hall–Kier alpha value is -0.0800. The lowest BCUT2D eigenvalue weighted by atomic mass is 9.74. The molecule has 0 bridgehead atoms. The Labute approximate surface area is 83.9 Å².